The van der Waals surface area contributed by atoms with Gasteiger partial charge in [-0.1, -0.05) is 31.0 Å². The molecule has 1 saturated carbocycles. The van der Waals surface area contributed by atoms with Crippen molar-refractivity contribution in [3.63, 3.8) is 0 Å². The van der Waals surface area contributed by atoms with Gasteiger partial charge in [-0.15, -0.1) is 0 Å². The number of benzene rings is 1. The lowest BCUT2D eigenvalue weighted by Crippen LogP contribution is -2.22. The fraction of sp³-hybridized carbons (Fsp3) is 0.462. The Hall–Kier alpha value is -1.51. The Balaban J connectivity index is 1.69. The van der Waals surface area contributed by atoms with Crippen LogP contribution in [0.15, 0.2) is 35.3 Å². The van der Waals surface area contributed by atoms with Crippen LogP contribution in [0.2, 0.25) is 0 Å². The van der Waals surface area contributed by atoms with E-state index in [0.29, 0.717) is 5.96 Å². The Kier molecular flexibility index (Phi) is 3.81. The predicted octanol–water partition coefficient (Wildman–Crippen LogP) is 2.60. The van der Waals surface area contributed by atoms with E-state index in [1.165, 1.54) is 19.3 Å². The second-order valence-electron chi connectivity index (χ2n) is 4.34. The molecular weight excluding hydrogens is 198 g/mol. The first-order valence-electron chi connectivity index (χ1n) is 5.96. The van der Waals surface area contributed by atoms with E-state index < -0.39 is 0 Å². The Morgan fingerprint density at radius 3 is 2.75 bits per heavy atom. The molecule has 1 aromatic rings. The minimum Gasteiger partial charge on any atom is -0.370 e. The number of nitrogens with zero attached hydrogens (tertiary/aromatic N) is 1. The van der Waals surface area contributed by atoms with E-state index in [1.807, 2.05) is 30.3 Å². The summed E-state index contributed by atoms with van der Waals surface area (Å²) in [6.45, 7) is 0.835. The first kappa shape index (κ1) is 11.0. The summed E-state index contributed by atoms with van der Waals surface area (Å²) in [6, 6.07) is 9.89. The van der Waals surface area contributed by atoms with Gasteiger partial charge in [0.2, 0.25) is 0 Å². The summed E-state index contributed by atoms with van der Waals surface area (Å²) in [7, 11) is 0. The molecule has 0 aliphatic heterocycles. The number of guanidine groups is 1. The Labute approximate surface area is 96.8 Å². The zero-order valence-corrected chi connectivity index (χ0v) is 9.52. The van der Waals surface area contributed by atoms with Crippen molar-refractivity contribution in [2.45, 2.75) is 25.7 Å². The molecular formula is C13H19N3. The first-order valence-corrected chi connectivity index (χ1v) is 5.96. The summed E-state index contributed by atoms with van der Waals surface area (Å²) >= 11 is 0. The second kappa shape index (κ2) is 5.54. The molecule has 0 aromatic heterocycles. The van der Waals surface area contributed by atoms with E-state index in [2.05, 4.69) is 10.3 Å². The predicted molar refractivity (Wildman–Crippen MR) is 68.5 cm³/mol. The minimum absolute atomic E-state index is 0.516. The third kappa shape index (κ3) is 3.93. The van der Waals surface area contributed by atoms with Crippen molar-refractivity contribution in [2.24, 2.45) is 16.6 Å². The van der Waals surface area contributed by atoms with Crippen molar-refractivity contribution in [2.75, 3.05) is 11.9 Å². The molecule has 3 nitrogen and oxygen atoms in total. The smallest absolute Gasteiger partial charge is 0.193 e. The standard InChI is InChI=1S/C13H19N3/c14-13(15-10-4-5-11-8-9-11)16-12-6-2-1-3-7-12/h1-3,6-7,11H,4-5,8-10H2,(H3,14,15,16). The average molecular weight is 217 g/mol. The maximum Gasteiger partial charge on any atom is 0.193 e. The summed E-state index contributed by atoms with van der Waals surface area (Å²) < 4.78 is 0. The monoisotopic (exact) mass is 217 g/mol. The largest absolute Gasteiger partial charge is 0.370 e. The number of para-hydroxylation sites is 1. The van der Waals surface area contributed by atoms with E-state index >= 15 is 0 Å². The van der Waals surface area contributed by atoms with Gasteiger partial charge in [0, 0.05) is 12.2 Å². The fourth-order valence-corrected chi connectivity index (χ4v) is 1.69. The zero-order chi connectivity index (χ0) is 11.2. The summed E-state index contributed by atoms with van der Waals surface area (Å²) in [5.41, 5.74) is 6.77. The number of nitrogens with two attached hydrogens (primary N) is 1. The third-order valence-electron chi connectivity index (χ3n) is 2.80. The van der Waals surface area contributed by atoms with Gasteiger partial charge in [-0.2, -0.15) is 0 Å². The van der Waals surface area contributed by atoms with E-state index in [0.717, 1.165) is 24.6 Å². The third-order valence-corrected chi connectivity index (χ3v) is 2.80. The molecule has 1 aliphatic carbocycles. The van der Waals surface area contributed by atoms with Gasteiger partial charge in [-0.05, 0) is 30.9 Å². The van der Waals surface area contributed by atoms with Crippen molar-refractivity contribution in [3.05, 3.63) is 30.3 Å². The molecule has 0 amide bonds. The normalized spacial score (nSPS) is 16.1. The van der Waals surface area contributed by atoms with Gasteiger partial charge in [0.05, 0.1) is 0 Å². The molecule has 16 heavy (non-hydrogen) atoms. The molecule has 0 atom stereocenters. The number of rotatable bonds is 5. The van der Waals surface area contributed by atoms with Crippen LogP contribution in [0, 0.1) is 5.92 Å². The molecule has 0 radical (unpaired) electrons. The van der Waals surface area contributed by atoms with Gasteiger partial charge in [-0.3, -0.25) is 4.99 Å². The molecule has 3 N–H and O–H groups in total. The Morgan fingerprint density at radius 1 is 1.31 bits per heavy atom. The Morgan fingerprint density at radius 2 is 2.06 bits per heavy atom. The van der Waals surface area contributed by atoms with E-state index in [1.54, 1.807) is 0 Å². The molecule has 2 rings (SSSR count). The van der Waals surface area contributed by atoms with Crippen LogP contribution in [-0.4, -0.2) is 12.5 Å². The molecule has 1 aliphatic rings. The highest BCUT2D eigenvalue weighted by Gasteiger charge is 2.19. The number of hydrogen-bond acceptors (Lipinski definition) is 1. The number of nitrogens with one attached hydrogen (secondary N) is 1. The number of anilines is 1. The van der Waals surface area contributed by atoms with Gasteiger partial charge in [-0.25, -0.2) is 0 Å². The lowest BCUT2D eigenvalue weighted by atomic mass is 10.2. The molecule has 0 heterocycles. The van der Waals surface area contributed by atoms with Gasteiger partial charge >= 0.3 is 0 Å². The maximum atomic E-state index is 5.78. The van der Waals surface area contributed by atoms with E-state index in [4.69, 9.17) is 5.73 Å². The summed E-state index contributed by atoms with van der Waals surface area (Å²) in [4.78, 5) is 4.30. The quantitative estimate of drug-likeness (QED) is 0.452. The van der Waals surface area contributed by atoms with Crippen molar-refractivity contribution in [3.8, 4) is 0 Å². The van der Waals surface area contributed by atoms with Gasteiger partial charge in [0.1, 0.15) is 0 Å². The van der Waals surface area contributed by atoms with Crippen molar-refractivity contribution < 1.29 is 0 Å². The van der Waals surface area contributed by atoms with Crippen LogP contribution >= 0.6 is 0 Å². The van der Waals surface area contributed by atoms with Crippen LogP contribution in [0.4, 0.5) is 5.69 Å². The lowest BCUT2D eigenvalue weighted by molar-refractivity contribution is 0.675. The van der Waals surface area contributed by atoms with Crippen molar-refractivity contribution in [1.82, 2.24) is 0 Å². The average Bonchev–Trinajstić information content (AvgIpc) is 3.10. The molecule has 1 aromatic carbocycles. The molecule has 0 unspecified atom stereocenters. The van der Waals surface area contributed by atoms with Gasteiger partial charge in [0.15, 0.2) is 5.96 Å². The maximum absolute atomic E-state index is 5.78. The molecule has 1 fully saturated rings. The Bertz CT molecular complexity index is 341. The molecule has 0 spiro atoms. The van der Waals surface area contributed by atoms with Crippen molar-refractivity contribution in [1.29, 1.82) is 0 Å². The lowest BCUT2D eigenvalue weighted by Gasteiger charge is -2.04. The number of hydrogen-bond donors (Lipinski definition) is 2. The van der Waals surface area contributed by atoms with E-state index in [-0.39, 0.29) is 0 Å². The van der Waals surface area contributed by atoms with Gasteiger partial charge in [0.25, 0.3) is 0 Å². The molecule has 3 heteroatoms. The summed E-state index contributed by atoms with van der Waals surface area (Å²) in [6.07, 6.45) is 5.30. The summed E-state index contributed by atoms with van der Waals surface area (Å²) in [5.74, 6) is 1.50. The first-order chi connectivity index (χ1) is 7.84. The zero-order valence-electron chi connectivity index (χ0n) is 9.52. The highest BCUT2D eigenvalue weighted by molar-refractivity contribution is 5.92. The van der Waals surface area contributed by atoms with Crippen LogP contribution in [0.25, 0.3) is 0 Å². The van der Waals surface area contributed by atoms with Crippen LogP contribution in [0.5, 0.6) is 0 Å². The summed E-state index contributed by atoms with van der Waals surface area (Å²) in [5, 5.41) is 3.07. The molecule has 0 bridgehead atoms. The van der Waals surface area contributed by atoms with Crippen LogP contribution in [0.1, 0.15) is 25.7 Å². The molecule has 86 valence electrons. The van der Waals surface area contributed by atoms with Crippen LogP contribution in [-0.2, 0) is 0 Å². The highest BCUT2D eigenvalue weighted by Crippen LogP contribution is 2.33. The van der Waals surface area contributed by atoms with Crippen LogP contribution < -0.4 is 11.1 Å². The SMILES string of the molecule is NC(=NCCCC1CC1)Nc1ccccc1. The number of aliphatic imine (C=N–C) groups is 1. The second-order valence-corrected chi connectivity index (χ2v) is 4.34. The minimum atomic E-state index is 0.516. The van der Waals surface area contributed by atoms with E-state index in [9.17, 15) is 0 Å². The fourth-order valence-electron chi connectivity index (χ4n) is 1.69. The van der Waals surface area contributed by atoms with Crippen molar-refractivity contribution >= 4 is 11.6 Å². The van der Waals surface area contributed by atoms with Crippen LogP contribution in [0.3, 0.4) is 0 Å². The topological polar surface area (TPSA) is 50.4 Å². The molecule has 0 saturated heterocycles. The van der Waals surface area contributed by atoms with Gasteiger partial charge < -0.3 is 11.1 Å². The highest BCUT2D eigenvalue weighted by atomic mass is 15.1.